The van der Waals surface area contributed by atoms with E-state index in [9.17, 15) is 5.11 Å². The van der Waals surface area contributed by atoms with Crippen LogP contribution < -0.4 is 0 Å². The number of nitrogens with zero attached hydrogens (tertiary/aromatic N) is 4. The van der Waals surface area contributed by atoms with Gasteiger partial charge in [0.1, 0.15) is 0 Å². The molecule has 0 saturated carbocycles. The molecule has 2 aromatic heterocycles. The van der Waals surface area contributed by atoms with Crippen LogP contribution in [0.15, 0.2) is 48.1 Å². The van der Waals surface area contributed by atoms with Gasteiger partial charge in [0.05, 0.1) is 11.8 Å². The first-order chi connectivity index (χ1) is 11.8. The Hall–Kier alpha value is -1.73. The highest BCUT2D eigenvalue weighted by Gasteiger charge is 2.20. The van der Waals surface area contributed by atoms with E-state index in [1.165, 1.54) is 0 Å². The van der Waals surface area contributed by atoms with Crippen molar-refractivity contribution in [2.45, 2.75) is 12.6 Å². The quantitative estimate of drug-likeness (QED) is 0.772. The number of aliphatic hydroxyl groups is 1. The minimum absolute atomic E-state index is 0.405. The number of benzene rings is 1. The lowest BCUT2D eigenvalue weighted by molar-refractivity contribution is 0.0697. The number of thiazole rings is 1. The summed E-state index contributed by atoms with van der Waals surface area (Å²) in [6, 6.07) is 9.92. The Morgan fingerprint density at radius 2 is 1.83 bits per heavy atom. The molecule has 24 heavy (non-hydrogen) atoms. The predicted molar refractivity (Wildman–Crippen MR) is 96.2 cm³/mol. The van der Waals surface area contributed by atoms with Crippen LogP contribution in [0.4, 0.5) is 0 Å². The fraction of sp³-hybridized carbons (Fsp3) is 0.389. The number of fused-ring (bicyclic) bond motifs is 1. The fourth-order valence-electron chi connectivity index (χ4n) is 3.24. The third-order valence-electron chi connectivity index (χ3n) is 4.61. The van der Waals surface area contributed by atoms with Gasteiger partial charge < -0.3 is 5.11 Å². The van der Waals surface area contributed by atoms with Crippen molar-refractivity contribution in [2.24, 2.45) is 0 Å². The number of hydrogen-bond acceptors (Lipinski definition) is 5. The number of β-amino-alcohol motifs (C(OH)–C–C–N with tert-alkyl or cyclic N) is 1. The molecular weight excluding hydrogens is 320 g/mol. The second-order valence-electron chi connectivity index (χ2n) is 6.33. The molecule has 0 amide bonds. The molecule has 1 aromatic carbocycles. The van der Waals surface area contributed by atoms with E-state index in [4.69, 9.17) is 0 Å². The summed E-state index contributed by atoms with van der Waals surface area (Å²) in [7, 11) is 0. The third kappa shape index (κ3) is 3.52. The molecular formula is C18H22N4OS. The van der Waals surface area contributed by atoms with Crippen molar-refractivity contribution in [3.05, 3.63) is 59.4 Å². The lowest BCUT2D eigenvalue weighted by Crippen LogP contribution is -2.47. The van der Waals surface area contributed by atoms with E-state index in [1.807, 2.05) is 30.3 Å². The second kappa shape index (κ2) is 7.03. The molecule has 1 atom stereocenters. The molecule has 4 rings (SSSR count). The number of imidazole rings is 1. The molecule has 3 heterocycles. The molecule has 3 aromatic rings. The van der Waals surface area contributed by atoms with Gasteiger partial charge in [-0.2, -0.15) is 0 Å². The third-order valence-corrected chi connectivity index (χ3v) is 5.38. The normalized spacial score (nSPS) is 18.2. The summed E-state index contributed by atoms with van der Waals surface area (Å²) in [5.41, 5.74) is 2.14. The Morgan fingerprint density at radius 1 is 1.08 bits per heavy atom. The lowest BCUT2D eigenvalue weighted by Gasteiger charge is -2.35. The van der Waals surface area contributed by atoms with Crippen molar-refractivity contribution in [3.63, 3.8) is 0 Å². The number of aliphatic hydroxyl groups excluding tert-OH is 1. The van der Waals surface area contributed by atoms with Crippen molar-refractivity contribution in [3.8, 4) is 0 Å². The molecule has 0 bridgehead atoms. The van der Waals surface area contributed by atoms with Crippen LogP contribution in [0.3, 0.4) is 0 Å². The summed E-state index contributed by atoms with van der Waals surface area (Å²) in [6.45, 7) is 5.64. The van der Waals surface area contributed by atoms with E-state index in [1.54, 1.807) is 11.3 Å². The maximum Gasteiger partial charge on any atom is 0.193 e. The summed E-state index contributed by atoms with van der Waals surface area (Å²) >= 11 is 1.67. The van der Waals surface area contributed by atoms with E-state index in [0.29, 0.717) is 6.54 Å². The summed E-state index contributed by atoms with van der Waals surface area (Å²) in [5.74, 6) is 0. The molecule has 1 saturated heterocycles. The molecule has 6 heteroatoms. The van der Waals surface area contributed by atoms with Crippen LogP contribution in [-0.2, 0) is 6.54 Å². The Kier molecular flexibility index (Phi) is 4.62. The zero-order valence-corrected chi connectivity index (χ0v) is 14.4. The van der Waals surface area contributed by atoms with Crippen LogP contribution in [0, 0.1) is 0 Å². The first kappa shape index (κ1) is 15.8. The van der Waals surface area contributed by atoms with Gasteiger partial charge in [-0.15, -0.1) is 11.3 Å². The van der Waals surface area contributed by atoms with E-state index < -0.39 is 6.10 Å². The molecule has 1 N–H and O–H groups in total. The van der Waals surface area contributed by atoms with Gasteiger partial charge >= 0.3 is 0 Å². The molecule has 0 spiro atoms. The highest BCUT2D eigenvalue weighted by molar-refractivity contribution is 7.15. The van der Waals surface area contributed by atoms with Gasteiger partial charge in [-0.1, -0.05) is 30.3 Å². The second-order valence-corrected chi connectivity index (χ2v) is 7.20. The molecule has 1 aliphatic rings. The first-order valence-electron chi connectivity index (χ1n) is 8.37. The van der Waals surface area contributed by atoms with E-state index in [-0.39, 0.29) is 0 Å². The summed E-state index contributed by atoms with van der Waals surface area (Å²) in [5, 5.41) is 12.4. The van der Waals surface area contributed by atoms with Gasteiger partial charge in [-0.25, -0.2) is 4.98 Å². The lowest BCUT2D eigenvalue weighted by atomic mass is 10.1. The van der Waals surface area contributed by atoms with Crippen LogP contribution >= 0.6 is 11.3 Å². The fourth-order valence-corrected chi connectivity index (χ4v) is 3.96. The molecule has 0 radical (unpaired) electrons. The van der Waals surface area contributed by atoms with Crippen molar-refractivity contribution in [2.75, 3.05) is 32.7 Å². The van der Waals surface area contributed by atoms with Gasteiger partial charge in [0.15, 0.2) is 4.96 Å². The topological polar surface area (TPSA) is 44.0 Å². The van der Waals surface area contributed by atoms with Gasteiger partial charge in [0.25, 0.3) is 0 Å². The highest BCUT2D eigenvalue weighted by Crippen LogP contribution is 2.17. The Bertz CT molecular complexity index is 748. The molecule has 1 aliphatic heterocycles. The Balaban J connectivity index is 1.28. The first-order valence-corrected chi connectivity index (χ1v) is 9.25. The Labute approximate surface area is 145 Å². The van der Waals surface area contributed by atoms with Gasteiger partial charge in [0, 0.05) is 57.0 Å². The predicted octanol–water partition coefficient (Wildman–Crippen LogP) is 2.25. The summed E-state index contributed by atoms with van der Waals surface area (Å²) in [4.78, 5) is 10.5. The van der Waals surface area contributed by atoms with E-state index in [0.717, 1.165) is 48.9 Å². The minimum Gasteiger partial charge on any atom is -0.387 e. The summed E-state index contributed by atoms with van der Waals surface area (Å²) < 4.78 is 2.09. The molecule has 5 nitrogen and oxygen atoms in total. The zero-order chi connectivity index (χ0) is 16.4. The average Bonchev–Trinajstić information content (AvgIpc) is 3.19. The monoisotopic (exact) mass is 342 g/mol. The number of piperazine rings is 1. The van der Waals surface area contributed by atoms with Gasteiger partial charge in [0.2, 0.25) is 0 Å². The number of rotatable bonds is 5. The summed E-state index contributed by atoms with van der Waals surface area (Å²) in [6.07, 6.45) is 3.77. The minimum atomic E-state index is -0.405. The maximum atomic E-state index is 10.4. The maximum absolute atomic E-state index is 10.4. The van der Waals surface area contributed by atoms with Crippen LogP contribution in [0.1, 0.15) is 17.4 Å². The largest absolute Gasteiger partial charge is 0.387 e. The highest BCUT2D eigenvalue weighted by atomic mass is 32.1. The SMILES string of the molecule is O[C@H](CN1CCN(Cc2cn3ccsc3n2)CC1)c1ccccc1. The molecule has 0 aliphatic carbocycles. The smallest absolute Gasteiger partial charge is 0.193 e. The van der Waals surface area contributed by atoms with E-state index >= 15 is 0 Å². The van der Waals surface area contributed by atoms with Crippen molar-refractivity contribution >= 4 is 16.3 Å². The van der Waals surface area contributed by atoms with Crippen LogP contribution in [0.2, 0.25) is 0 Å². The molecule has 1 fully saturated rings. The number of hydrogen-bond donors (Lipinski definition) is 1. The van der Waals surface area contributed by atoms with Crippen molar-refractivity contribution < 1.29 is 5.11 Å². The van der Waals surface area contributed by atoms with Crippen LogP contribution in [0.5, 0.6) is 0 Å². The van der Waals surface area contributed by atoms with Crippen LogP contribution in [-0.4, -0.2) is 57.0 Å². The molecule has 126 valence electrons. The average molecular weight is 342 g/mol. The van der Waals surface area contributed by atoms with Crippen molar-refractivity contribution in [1.29, 1.82) is 0 Å². The molecule has 0 unspecified atom stereocenters. The van der Waals surface area contributed by atoms with Gasteiger partial charge in [-0.3, -0.25) is 14.2 Å². The van der Waals surface area contributed by atoms with Crippen LogP contribution in [0.25, 0.3) is 4.96 Å². The Morgan fingerprint density at radius 3 is 2.58 bits per heavy atom. The van der Waals surface area contributed by atoms with Crippen molar-refractivity contribution in [1.82, 2.24) is 19.2 Å². The standard InChI is InChI=1S/C18H22N4OS/c23-17(15-4-2-1-3-5-15)14-21-8-6-20(7-9-21)12-16-13-22-10-11-24-18(22)19-16/h1-5,10-11,13,17,23H,6-9,12,14H2/t17-/m1/s1. The zero-order valence-electron chi connectivity index (χ0n) is 13.6. The number of aromatic nitrogens is 2. The van der Waals surface area contributed by atoms with E-state index in [2.05, 4.69) is 37.0 Å². The van der Waals surface area contributed by atoms with Gasteiger partial charge in [-0.05, 0) is 5.56 Å².